The molecule has 1 unspecified atom stereocenters. The van der Waals surface area contributed by atoms with Crippen molar-refractivity contribution in [3.8, 4) is 0 Å². The summed E-state index contributed by atoms with van der Waals surface area (Å²) in [6.45, 7) is 6.12. The van der Waals surface area contributed by atoms with Gasteiger partial charge in [-0.05, 0) is 30.9 Å². The number of nitrogens with zero attached hydrogens (tertiary/aromatic N) is 2. The van der Waals surface area contributed by atoms with Gasteiger partial charge >= 0.3 is 0 Å². The fourth-order valence-electron chi connectivity index (χ4n) is 3.21. The highest BCUT2D eigenvalue weighted by atomic mass is 16.5. The van der Waals surface area contributed by atoms with E-state index in [2.05, 4.69) is 29.5 Å². The van der Waals surface area contributed by atoms with Gasteiger partial charge in [-0.1, -0.05) is 26.0 Å². The molecular formula is C20H28N4O3. The molecule has 0 saturated carbocycles. The van der Waals surface area contributed by atoms with Crippen molar-refractivity contribution in [2.75, 3.05) is 19.7 Å². The minimum Gasteiger partial charge on any atom is -0.368 e. The molecule has 0 aliphatic carbocycles. The Balaban J connectivity index is 1.66. The van der Waals surface area contributed by atoms with Gasteiger partial charge in [-0.2, -0.15) is 0 Å². The van der Waals surface area contributed by atoms with E-state index in [-0.39, 0.29) is 24.5 Å². The van der Waals surface area contributed by atoms with Gasteiger partial charge in [-0.15, -0.1) is 0 Å². The molecule has 1 aliphatic heterocycles. The molecule has 7 heteroatoms. The number of fused-ring (bicyclic) bond motifs is 1. The number of para-hydroxylation sites is 2. The van der Waals surface area contributed by atoms with Crippen LogP contribution in [0.15, 0.2) is 24.3 Å². The maximum atomic E-state index is 12.3. The first-order valence-corrected chi connectivity index (χ1v) is 9.64. The number of carbonyl (C=O) groups is 2. The van der Waals surface area contributed by atoms with Crippen molar-refractivity contribution in [3.63, 3.8) is 0 Å². The molecule has 7 nitrogen and oxygen atoms in total. The van der Waals surface area contributed by atoms with Crippen LogP contribution >= 0.6 is 0 Å². The lowest BCUT2D eigenvalue weighted by molar-refractivity contribution is -0.130. The first-order chi connectivity index (χ1) is 13.0. The Morgan fingerprint density at radius 1 is 1.30 bits per heavy atom. The molecule has 3 rings (SSSR count). The van der Waals surface area contributed by atoms with Crippen LogP contribution in [-0.2, 0) is 27.3 Å². The number of benzene rings is 1. The smallest absolute Gasteiger partial charge is 0.249 e. The Labute approximate surface area is 159 Å². The van der Waals surface area contributed by atoms with Crippen molar-refractivity contribution in [2.45, 2.75) is 45.8 Å². The van der Waals surface area contributed by atoms with Gasteiger partial charge in [-0.25, -0.2) is 4.98 Å². The van der Waals surface area contributed by atoms with E-state index in [1.807, 2.05) is 28.8 Å². The van der Waals surface area contributed by atoms with Crippen LogP contribution in [0.3, 0.4) is 0 Å². The molecule has 2 N–H and O–H groups in total. The zero-order valence-corrected chi connectivity index (χ0v) is 16.0. The molecule has 2 aromatic rings. The van der Waals surface area contributed by atoms with E-state index >= 15 is 0 Å². The lowest BCUT2D eigenvalue weighted by atomic mass is 10.2. The summed E-state index contributed by atoms with van der Waals surface area (Å²) in [4.78, 5) is 29.1. The van der Waals surface area contributed by atoms with Crippen molar-refractivity contribution in [1.29, 1.82) is 0 Å². The second-order valence-electron chi connectivity index (χ2n) is 7.34. The van der Waals surface area contributed by atoms with Gasteiger partial charge in [-0.3, -0.25) is 9.59 Å². The van der Waals surface area contributed by atoms with Crippen LogP contribution in [0.5, 0.6) is 0 Å². The summed E-state index contributed by atoms with van der Waals surface area (Å²) in [5, 5.41) is 5.87. The maximum absolute atomic E-state index is 12.3. The van der Waals surface area contributed by atoms with E-state index in [1.165, 1.54) is 0 Å². The van der Waals surface area contributed by atoms with E-state index in [1.54, 1.807) is 0 Å². The predicted octanol–water partition coefficient (Wildman–Crippen LogP) is 1.65. The van der Waals surface area contributed by atoms with Crippen molar-refractivity contribution in [3.05, 3.63) is 30.1 Å². The summed E-state index contributed by atoms with van der Waals surface area (Å²) in [5.41, 5.74) is 1.78. The Morgan fingerprint density at radius 3 is 2.85 bits per heavy atom. The molecule has 27 heavy (non-hydrogen) atoms. The second-order valence-corrected chi connectivity index (χ2v) is 7.34. The summed E-state index contributed by atoms with van der Waals surface area (Å²) >= 11 is 0. The molecule has 2 amide bonds. The third kappa shape index (κ3) is 5.07. The first-order valence-electron chi connectivity index (χ1n) is 9.64. The second kappa shape index (κ2) is 8.99. The van der Waals surface area contributed by atoms with Crippen LogP contribution in [-0.4, -0.2) is 47.2 Å². The van der Waals surface area contributed by atoms with E-state index in [4.69, 9.17) is 4.74 Å². The fraction of sp³-hybridized carbons (Fsp3) is 0.550. The fourth-order valence-corrected chi connectivity index (χ4v) is 3.21. The summed E-state index contributed by atoms with van der Waals surface area (Å²) in [6.07, 6.45) is 1.94. The topological polar surface area (TPSA) is 85.2 Å². The summed E-state index contributed by atoms with van der Waals surface area (Å²) in [5.74, 6) is 1.10. The highest BCUT2D eigenvalue weighted by Gasteiger charge is 2.23. The number of hydrogen-bond donors (Lipinski definition) is 2. The van der Waals surface area contributed by atoms with Crippen molar-refractivity contribution < 1.29 is 14.3 Å². The van der Waals surface area contributed by atoms with Gasteiger partial charge < -0.3 is 19.9 Å². The number of aromatic nitrogens is 2. The lowest BCUT2D eigenvalue weighted by Crippen LogP contribution is -2.36. The molecule has 1 atom stereocenters. The number of hydrogen-bond acceptors (Lipinski definition) is 4. The van der Waals surface area contributed by atoms with Crippen molar-refractivity contribution in [1.82, 2.24) is 20.2 Å². The van der Waals surface area contributed by atoms with E-state index in [0.717, 1.165) is 29.7 Å². The summed E-state index contributed by atoms with van der Waals surface area (Å²) < 4.78 is 7.34. The summed E-state index contributed by atoms with van der Waals surface area (Å²) in [6, 6.07) is 7.77. The Bertz CT molecular complexity index is 794. The third-order valence-electron chi connectivity index (χ3n) is 4.61. The largest absolute Gasteiger partial charge is 0.368 e. The zero-order chi connectivity index (χ0) is 19.2. The van der Waals surface area contributed by atoms with Crippen LogP contribution < -0.4 is 10.6 Å². The molecule has 146 valence electrons. The Morgan fingerprint density at radius 2 is 2.11 bits per heavy atom. The average molecular weight is 372 g/mol. The number of rotatable bonds is 8. The normalized spacial score (nSPS) is 16.8. The van der Waals surface area contributed by atoms with Crippen molar-refractivity contribution in [2.24, 2.45) is 5.92 Å². The van der Waals surface area contributed by atoms with Crippen LogP contribution in [0.25, 0.3) is 11.0 Å². The number of amides is 2. The molecule has 1 aromatic carbocycles. The monoisotopic (exact) mass is 372 g/mol. The SMILES string of the molecule is CC(C)CNC(=O)Cn1c(CCNC(=O)C2CCCO2)nc2ccccc21. The van der Waals surface area contributed by atoms with Gasteiger partial charge in [0, 0.05) is 26.1 Å². The molecule has 1 saturated heterocycles. The quantitative estimate of drug-likeness (QED) is 0.738. The van der Waals surface area contributed by atoms with E-state index < -0.39 is 0 Å². The summed E-state index contributed by atoms with van der Waals surface area (Å²) in [7, 11) is 0. The zero-order valence-electron chi connectivity index (χ0n) is 16.0. The molecule has 1 aliphatic rings. The van der Waals surface area contributed by atoms with E-state index in [9.17, 15) is 9.59 Å². The number of imidazole rings is 1. The van der Waals surface area contributed by atoms with Crippen LogP contribution in [0.2, 0.25) is 0 Å². The number of nitrogens with one attached hydrogen (secondary N) is 2. The van der Waals surface area contributed by atoms with Gasteiger partial charge in [0.15, 0.2) is 0 Å². The van der Waals surface area contributed by atoms with Crippen LogP contribution in [0, 0.1) is 5.92 Å². The highest BCUT2D eigenvalue weighted by molar-refractivity contribution is 5.82. The molecular weight excluding hydrogens is 344 g/mol. The Hall–Kier alpha value is -2.41. The number of carbonyl (C=O) groups excluding carboxylic acids is 2. The standard InChI is InChI=1S/C20H28N4O3/c1-14(2)12-22-19(25)13-24-16-7-4-3-6-15(16)23-18(24)9-10-21-20(26)17-8-5-11-27-17/h3-4,6-7,14,17H,5,8-13H2,1-2H3,(H,21,26)(H,22,25). The third-order valence-corrected chi connectivity index (χ3v) is 4.61. The predicted molar refractivity (Wildman–Crippen MR) is 103 cm³/mol. The van der Waals surface area contributed by atoms with Crippen LogP contribution in [0.1, 0.15) is 32.5 Å². The molecule has 2 heterocycles. The Kier molecular flexibility index (Phi) is 6.45. The molecule has 0 radical (unpaired) electrons. The van der Waals surface area contributed by atoms with Gasteiger partial charge in [0.25, 0.3) is 0 Å². The van der Waals surface area contributed by atoms with Gasteiger partial charge in [0.1, 0.15) is 18.5 Å². The minimum atomic E-state index is -0.328. The van der Waals surface area contributed by atoms with Gasteiger partial charge in [0.2, 0.25) is 11.8 Å². The molecule has 0 bridgehead atoms. The van der Waals surface area contributed by atoms with Crippen LogP contribution in [0.4, 0.5) is 0 Å². The average Bonchev–Trinajstić information content (AvgIpc) is 3.29. The molecule has 0 spiro atoms. The van der Waals surface area contributed by atoms with Crippen molar-refractivity contribution >= 4 is 22.8 Å². The maximum Gasteiger partial charge on any atom is 0.249 e. The first kappa shape index (κ1) is 19.4. The van der Waals surface area contributed by atoms with E-state index in [0.29, 0.717) is 32.0 Å². The van der Waals surface area contributed by atoms with Gasteiger partial charge in [0.05, 0.1) is 11.0 Å². The molecule has 1 fully saturated rings. The minimum absolute atomic E-state index is 0.0310. The lowest BCUT2D eigenvalue weighted by Gasteiger charge is -2.12. The molecule has 1 aromatic heterocycles. The highest BCUT2D eigenvalue weighted by Crippen LogP contribution is 2.16. The number of ether oxygens (including phenoxy) is 1.